The van der Waals surface area contributed by atoms with Crippen LogP contribution in [0.15, 0.2) is 30.3 Å². The zero-order valence-electron chi connectivity index (χ0n) is 14.0. The van der Waals surface area contributed by atoms with Crippen molar-refractivity contribution in [1.82, 2.24) is 15.5 Å². The number of thiophene rings is 1. The number of fused-ring (bicyclic) bond motifs is 1. The lowest BCUT2D eigenvalue weighted by atomic mass is 10.1. The molecule has 1 amide bonds. The average Bonchev–Trinajstić information content (AvgIpc) is 3.09. The topological polar surface area (TPSA) is 92.9 Å². The number of benzene rings is 1. The Morgan fingerprint density at radius 1 is 1.31 bits per heavy atom. The normalized spacial score (nSPS) is 17.3. The quantitative estimate of drug-likeness (QED) is 0.656. The smallest absolute Gasteiger partial charge is 0.270 e. The molecule has 26 heavy (non-hydrogen) atoms. The van der Waals surface area contributed by atoms with Gasteiger partial charge in [-0.2, -0.15) is 0 Å². The van der Waals surface area contributed by atoms with Gasteiger partial charge in [0.1, 0.15) is 5.82 Å². The highest BCUT2D eigenvalue weighted by molar-refractivity contribution is 7.22. The average molecular weight is 371 g/mol. The lowest BCUT2D eigenvalue weighted by Crippen LogP contribution is -2.38. The number of nitrogens with two attached hydrogens (primary N) is 1. The Morgan fingerprint density at radius 2 is 2.12 bits per heavy atom. The third-order valence-electron chi connectivity index (χ3n) is 4.45. The van der Waals surface area contributed by atoms with Gasteiger partial charge in [-0.15, -0.1) is 21.5 Å². The highest BCUT2D eigenvalue weighted by atomic mass is 32.1. The van der Waals surface area contributed by atoms with Crippen LogP contribution in [0.4, 0.5) is 10.2 Å². The third kappa shape index (κ3) is 3.25. The van der Waals surface area contributed by atoms with Crippen molar-refractivity contribution < 1.29 is 9.18 Å². The molecule has 0 bridgehead atoms. The van der Waals surface area contributed by atoms with Gasteiger partial charge in [0.05, 0.1) is 4.70 Å². The molecule has 134 valence electrons. The summed E-state index contributed by atoms with van der Waals surface area (Å²) in [4.78, 5) is 12.7. The van der Waals surface area contributed by atoms with Gasteiger partial charge in [-0.25, -0.2) is 4.39 Å². The van der Waals surface area contributed by atoms with E-state index in [1.165, 1.54) is 23.5 Å². The van der Waals surface area contributed by atoms with Gasteiger partial charge in [-0.05, 0) is 43.1 Å². The molecule has 0 spiro atoms. The molecule has 3 aromatic rings. The van der Waals surface area contributed by atoms with Gasteiger partial charge in [-0.1, -0.05) is 12.1 Å². The van der Waals surface area contributed by atoms with Crippen molar-refractivity contribution in [2.24, 2.45) is 5.73 Å². The number of primary amides is 1. The molecule has 1 aliphatic heterocycles. The minimum Gasteiger partial charge on any atom is -0.364 e. The number of halogens is 1. The van der Waals surface area contributed by atoms with Crippen molar-refractivity contribution in [3.05, 3.63) is 41.8 Å². The Labute approximate surface area is 153 Å². The largest absolute Gasteiger partial charge is 0.364 e. The number of carbonyl (C=O) groups excluding carboxylic acids is 1. The van der Waals surface area contributed by atoms with E-state index in [1.807, 2.05) is 6.07 Å². The van der Waals surface area contributed by atoms with Crippen molar-refractivity contribution in [2.75, 3.05) is 18.4 Å². The molecule has 0 radical (unpaired) electrons. The summed E-state index contributed by atoms with van der Waals surface area (Å²) in [6.45, 7) is 1.88. The number of nitrogens with one attached hydrogen (secondary N) is 2. The molecule has 1 unspecified atom stereocenters. The Kier molecular flexibility index (Phi) is 4.52. The lowest BCUT2D eigenvalue weighted by molar-refractivity contribution is 0.0996. The Bertz CT molecular complexity index is 950. The van der Waals surface area contributed by atoms with Gasteiger partial charge in [0.2, 0.25) is 0 Å². The van der Waals surface area contributed by atoms with Gasteiger partial charge < -0.3 is 16.4 Å². The highest BCUT2D eigenvalue weighted by Gasteiger charge is 2.20. The maximum atomic E-state index is 13.2. The summed E-state index contributed by atoms with van der Waals surface area (Å²) in [5.41, 5.74) is 6.49. The number of aromatic nitrogens is 2. The van der Waals surface area contributed by atoms with E-state index in [0.29, 0.717) is 10.5 Å². The first kappa shape index (κ1) is 16.9. The molecule has 4 N–H and O–H groups in total. The summed E-state index contributed by atoms with van der Waals surface area (Å²) >= 11 is 1.41. The van der Waals surface area contributed by atoms with Crippen molar-refractivity contribution in [2.45, 2.75) is 18.9 Å². The third-order valence-corrected chi connectivity index (χ3v) is 5.64. The number of anilines is 1. The number of rotatable bonds is 4. The molecule has 1 saturated heterocycles. The molecule has 6 nitrogen and oxygen atoms in total. The fraction of sp³-hybridized carbons (Fsp3) is 0.278. The second kappa shape index (κ2) is 6.97. The molecule has 1 aliphatic rings. The van der Waals surface area contributed by atoms with E-state index in [-0.39, 0.29) is 17.6 Å². The van der Waals surface area contributed by atoms with Crippen molar-refractivity contribution in [3.63, 3.8) is 0 Å². The zero-order valence-corrected chi connectivity index (χ0v) is 14.8. The van der Waals surface area contributed by atoms with Crippen LogP contribution in [0, 0.1) is 5.82 Å². The maximum absolute atomic E-state index is 13.2. The molecule has 4 rings (SSSR count). The van der Waals surface area contributed by atoms with Gasteiger partial charge in [0.15, 0.2) is 11.5 Å². The monoisotopic (exact) mass is 371 g/mol. The van der Waals surface area contributed by atoms with E-state index in [4.69, 9.17) is 5.73 Å². The number of hydrogen-bond donors (Lipinski definition) is 3. The molecule has 0 aliphatic carbocycles. The molecule has 1 aromatic carbocycles. The van der Waals surface area contributed by atoms with Gasteiger partial charge >= 0.3 is 0 Å². The van der Waals surface area contributed by atoms with Crippen LogP contribution in [0.2, 0.25) is 0 Å². The minimum atomic E-state index is -0.610. The predicted octanol–water partition coefficient (Wildman–Crippen LogP) is 2.76. The molecule has 0 saturated carbocycles. The SMILES string of the molecule is NC(=O)c1nnc(NC2CCCNC2)c2cc(-c3ccc(F)cc3)sc12. The molecule has 1 fully saturated rings. The van der Waals surface area contributed by atoms with Crippen molar-refractivity contribution in [3.8, 4) is 10.4 Å². The maximum Gasteiger partial charge on any atom is 0.270 e. The van der Waals surface area contributed by atoms with E-state index in [2.05, 4.69) is 20.8 Å². The number of hydrogen-bond acceptors (Lipinski definition) is 6. The second-order valence-electron chi connectivity index (χ2n) is 6.31. The molecular weight excluding hydrogens is 353 g/mol. The van der Waals surface area contributed by atoms with Gasteiger partial charge in [-0.3, -0.25) is 4.79 Å². The van der Waals surface area contributed by atoms with Crippen LogP contribution in [0.5, 0.6) is 0 Å². The Hall–Kier alpha value is -2.58. The summed E-state index contributed by atoms with van der Waals surface area (Å²) < 4.78 is 13.9. The number of piperidine rings is 1. The summed E-state index contributed by atoms with van der Waals surface area (Å²) in [6.07, 6.45) is 2.14. The summed E-state index contributed by atoms with van der Waals surface area (Å²) in [5, 5.41) is 15.8. The van der Waals surface area contributed by atoms with E-state index < -0.39 is 5.91 Å². The minimum absolute atomic E-state index is 0.158. The van der Waals surface area contributed by atoms with Gasteiger partial charge in [0, 0.05) is 22.8 Å². The first-order chi connectivity index (χ1) is 12.6. The zero-order chi connectivity index (χ0) is 18.1. The van der Waals surface area contributed by atoms with Crippen LogP contribution in [-0.2, 0) is 0 Å². The lowest BCUT2D eigenvalue weighted by Gasteiger charge is -2.24. The molecular formula is C18H18FN5OS. The molecule has 8 heteroatoms. The van der Waals surface area contributed by atoms with E-state index >= 15 is 0 Å². The number of amides is 1. The molecule has 1 atom stereocenters. The van der Waals surface area contributed by atoms with Crippen LogP contribution in [0.25, 0.3) is 20.5 Å². The molecule has 3 heterocycles. The van der Waals surface area contributed by atoms with Crippen LogP contribution in [-0.4, -0.2) is 35.2 Å². The number of nitrogens with zero attached hydrogens (tertiary/aromatic N) is 2. The van der Waals surface area contributed by atoms with Crippen molar-refractivity contribution in [1.29, 1.82) is 0 Å². The van der Waals surface area contributed by atoms with Gasteiger partial charge in [0.25, 0.3) is 5.91 Å². The fourth-order valence-electron chi connectivity index (χ4n) is 3.13. The van der Waals surface area contributed by atoms with Crippen LogP contribution < -0.4 is 16.4 Å². The number of carbonyl (C=O) groups is 1. The first-order valence-electron chi connectivity index (χ1n) is 8.45. The summed E-state index contributed by atoms with van der Waals surface area (Å²) in [5.74, 6) is -0.257. The molecule has 2 aromatic heterocycles. The predicted molar refractivity (Wildman–Crippen MR) is 101 cm³/mol. The first-order valence-corrected chi connectivity index (χ1v) is 9.26. The summed E-state index contributed by atoms with van der Waals surface area (Å²) in [6, 6.07) is 8.46. The van der Waals surface area contributed by atoms with E-state index in [0.717, 1.165) is 41.8 Å². The standard InChI is InChI=1S/C18H18FN5OS/c19-11-5-3-10(4-6-11)14-8-13-16(26-14)15(17(20)25)23-24-18(13)22-12-2-1-7-21-9-12/h3-6,8,12,21H,1-2,7,9H2,(H2,20,25)(H,22,24). The van der Waals surface area contributed by atoms with Crippen molar-refractivity contribution >= 4 is 33.1 Å². The van der Waals surface area contributed by atoms with Crippen LogP contribution >= 0.6 is 11.3 Å². The Balaban J connectivity index is 1.78. The second-order valence-corrected chi connectivity index (χ2v) is 7.36. The summed E-state index contributed by atoms with van der Waals surface area (Å²) in [7, 11) is 0. The van der Waals surface area contributed by atoms with E-state index in [1.54, 1.807) is 12.1 Å². The Morgan fingerprint density at radius 3 is 2.81 bits per heavy atom. The van der Waals surface area contributed by atoms with Crippen LogP contribution in [0.3, 0.4) is 0 Å². The van der Waals surface area contributed by atoms with E-state index in [9.17, 15) is 9.18 Å². The van der Waals surface area contributed by atoms with Crippen LogP contribution in [0.1, 0.15) is 23.3 Å². The highest BCUT2D eigenvalue weighted by Crippen LogP contribution is 2.37. The fourth-order valence-corrected chi connectivity index (χ4v) is 4.29.